The maximum absolute atomic E-state index is 13.6. The standard InChI is InChI=1S/C9H15ClFN/c1-6-4-8(2,11)5-9(3,10)7(6)12/h4,7H,5,12H2,1-3H3. The Bertz CT molecular complexity index is 221. The highest BCUT2D eigenvalue weighted by Gasteiger charge is 2.42. The minimum Gasteiger partial charge on any atom is -0.323 e. The average molecular weight is 192 g/mol. The smallest absolute Gasteiger partial charge is 0.128 e. The van der Waals surface area contributed by atoms with Crippen LogP contribution in [0.15, 0.2) is 11.6 Å². The van der Waals surface area contributed by atoms with Crippen LogP contribution in [-0.4, -0.2) is 16.6 Å². The van der Waals surface area contributed by atoms with Gasteiger partial charge in [-0.05, 0) is 26.8 Å². The van der Waals surface area contributed by atoms with Gasteiger partial charge in [0.1, 0.15) is 5.67 Å². The zero-order chi connectivity index (χ0) is 9.57. The summed E-state index contributed by atoms with van der Waals surface area (Å²) < 4.78 is 13.6. The number of hydrogen-bond donors (Lipinski definition) is 1. The van der Waals surface area contributed by atoms with Crippen LogP contribution >= 0.6 is 11.6 Å². The maximum atomic E-state index is 13.6. The van der Waals surface area contributed by atoms with Gasteiger partial charge in [-0.25, -0.2) is 4.39 Å². The molecule has 3 atom stereocenters. The summed E-state index contributed by atoms with van der Waals surface area (Å²) in [6, 6.07) is -0.233. The SMILES string of the molecule is CC1=CC(C)(F)CC(C)(Cl)C1N. The van der Waals surface area contributed by atoms with Gasteiger partial charge in [-0.1, -0.05) is 5.57 Å². The Labute approximate surface area is 77.8 Å². The predicted octanol–water partition coefficient (Wildman–Crippen LogP) is 2.39. The molecule has 0 radical (unpaired) electrons. The van der Waals surface area contributed by atoms with Crippen LogP contribution in [0.1, 0.15) is 27.2 Å². The Hall–Kier alpha value is -0.0800. The monoisotopic (exact) mass is 191 g/mol. The van der Waals surface area contributed by atoms with E-state index in [1.807, 2.05) is 6.92 Å². The van der Waals surface area contributed by atoms with Crippen LogP contribution in [0.25, 0.3) is 0 Å². The first-order valence-corrected chi connectivity index (χ1v) is 4.45. The van der Waals surface area contributed by atoms with Crippen molar-refractivity contribution in [3.8, 4) is 0 Å². The number of alkyl halides is 2. The van der Waals surface area contributed by atoms with E-state index in [1.165, 1.54) is 6.92 Å². The van der Waals surface area contributed by atoms with Crippen LogP contribution in [0.4, 0.5) is 4.39 Å². The normalized spacial score (nSPS) is 48.8. The van der Waals surface area contributed by atoms with Crippen molar-refractivity contribution in [2.45, 2.75) is 43.8 Å². The molecule has 0 aromatic rings. The van der Waals surface area contributed by atoms with Crippen molar-refractivity contribution in [3.63, 3.8) is 0 Å². The molecule has 70 valence electrons. The first kappa shape index (κ1) is 10.0. The summed E-state index contributed by atoms with van der Waals surface area (Å²) in [7, 11) is 0. The maximum Gasteiger partial charge on any atom is 0.128 e. The van der Waals surface area contributed by atoms with Gasteiger partial charge in [-0.2, -0.15) is 0 Å². The van der Waals surface area contributed by atoms with E-state index in [0.29, 0.717) is 0 Å². The summed E-state index contributed by atoms with van der Waals surface area (Å²) >= 11 is 6.10. The third kappa shape index (κ3) is 1.80. The molecule has 12 heavy (non-hydrogen) atoms. The fraction of sp³-hybridized carbons (Fsp3) is 0.778. The highest BCUT2D eigenvalue weighted by Crippen LogP contribution is 2.39. The number of allylic oxidation sites excluding steroid dienone is 1. The molecule has 0 heterocycles. The van der Waals surface area contributed by atoms with Crippen molar-refractivity contribution in [2.24, 2.45) is 5.73 Å². The van der Waals surface area contributed by atoms with Crippen molar-refractivity contribution in [2.75, 3.05) is 0 Å². The van der Waals surface area contributed by atoms with Gasteiger partial charge in [-0.3, -0.25) is 0 Å². The molecule has 0 fully saturated rings. The van der Waals surface area contributed by atoms with Gasteiger partial charge >= 0.3 is 0 Å². The molecule has 0 aromatic carbocycles. The van der Waals surface area contributed by atoms with Crippen LogP contribution in [0.3, 0.4) is 0 Å². The van der Waals surface area contributed by atoms with Gasteiger partial charge in [0.05, 0.1) is 4.87 Å². The fourth-order valence-electron chi connectivity index (χ4n) is 1.88. The van der Waals surface area contributed by atoms with E-state index < -0.39 is 10.5 Å². The van der Waals surface area contributed by atoms with Gasteiger partial charge in [0.2, 0.25) is 0 Å². The second-order valence-corrected chi connectivity index (χ2v) is 4.96. The second-order valence-electron chi connectivity index (χ2n) is 4.10. The molecule has 0 saturated heterocycles. The molecule has 1 rings (SSSR count). The van der Waals surface area contributed by atoms with E-state index in [4.69, 9.17) is 17.3 Å². The molecule has 0 amide bonds. The molecule has 0 spiro atoms. The molecule has 3 unspecified atom stereocenters. The van der Waals surface area contributed by atoms with E-state index in [2.05, 4.69) is 0 Å². The van der Waals surface area contributed by atoms with E-state index >= 15 is 0 Å². The third-order valence-electron chi connectivity index (χ3n) is 2.36. The lowest BCUT2D eigenvalue weighted by Crippen LogP contribution is -2.49. The summed E-state index contributed by atoms with van der Waals surface area (Å²) in [6.07, 6.45) is 1.85. The van der Waals surface area contributed by atoms with Crippen molar-refractivity contribution >= 4 is 11.6 Å². The number of nitrogens with two attached hydrogens (primary N) is 1. The number of rotatable bonds is 0. The first-order valence-electron chi connectivity index (χ1n) is 4.07. The average Bonchev–Trinajstić information content (AvgIpc) is 1.79. The lowest BCUT2D eigenvalue weighted by atomic mass is 9.79. The highest BCUT2D eigenvalue weighted by molar-refractivity contribution is 6.24. The summed E-state index contributed by atoms with van der Waals surface area (Å²) in [6.45, 7) is 5.14. The Morgan fingerprint density at radius 1 is 1.67 bits per heavy atom. The minimum absolute atomic E-state index is 0.233. The van der Waals surface area contributed by atoms with Crippen LogP contribution in [0.2, 0.25) is 0 Å². The van der Waals surface area contributed by atoms with Crippen LogP contribution in [0, 0.1) is 0 Å². The highest BCUT2D eigenvalue weighted by atomic mass is 35.5. The van der Waals surface area contributed by atoms with Crippen LogP contribution in [0.5, 0.6) is 0 Å². The fourth-order valence-corrected chi connectivity index (χ4v) is 2.31. The van der Waals surface area contributed by atoms with Gasteiger partial charge < -0.3 is 5.73 Å². The molecule has 0 aromatic heterocycles. The van der Waals surface area contributed by atoms with E-state index in [0.717, 1.165) is 5.57 Å². The number of halogens is 2. The second kappa shape index (κ2) is 2.71. The lowest BCUT2D eigenvalue weighted by molar-refractivity contribution is 0.196. The predicted molar refractivity (Wildman–Crippen MR) is 50.1 cm³/mol. The Kier molecular flexibility index (Phi) is 2.26. The molecular weight excluding hydrogens is 177 g/mol. The molecule has 3 heteroatoms. The van der Waals surface area contributed by atoms with Crippen molar-refractivity contribution in [1.82, 2.24) is 0 Å². The zero-order valence-corrected chi connectivity index (χ0v) is 8.45. The Morgan fingerprint density at radius 3 is 2.58 bits per heavy atom. The van der Waals surface area contributed by atoms with E-state index in [1.54, 1.807) is 13.0 Å². The van der Waals surface area contributed by atoms with Gasteiger partial charge in [0.25, 0.3) is 0 Å². The van der Waals surface area contributed by atoms with Gasteiger partial charge in [0, 0.05) is 12.5 Å². The lowest BCUT2D eigenvalue weighted by Gasteiger charge is -2.39. The van der Waals surface area contributed by atoms with Crippen molar-refractivity contribution in [3.05, 3.63) is 11.6 Å². The molecular formula is C9H15ClFN. The zero-order valence-electron chi connectivity index (χ0n) is 7.70. The summed E-state index contributed by atoms with van der Waals surface area (Å²) in [5.41, 5.74) is 5.34. The molecule has 0 saturated carbocycles. The van der Waals surface area contributed by atoms with E-state index in [9.17, 15) is 4.39 Å². The third-order valence-corrected chi connectivity index (χ3v) is 2.73. The molecule has 1 aliphatic carbocycles. The summed E-state index contributed by atoms with van der Waals surface area (Å²) in [4.78, 5) is -0.650. The van der Waals surface area contributed by atoms with Crippen molar-refractivity contribution in [1.29, 1.82) is 0 Å². The van der Waals surface area contributed by atoms with E-state index in [-0.39, 0.29) is 12.5 Å². The molecule has 0 bridgehead atoms. The van der Waals surface area contributed by atoms with Crippen LogP contribution in [-0.2, 0) is 0 Å². The molecule has 1 nitrogen and oxygen atoms in total. The van der Waals surface area contributed by atoms with Gasteiger partial charge in [0.15, 0.2) is 0 Å². The van der Waals surface area contributed by atoms with Gasteiger partial charge in [-0.15, -0.1) is 11.6 Å². The molecule has 1 aliphatic rings. The summed E-state index contributed by atoms with van der Waals surface area (Å²) in [5, 5.41) is 0. The Balaban J connectivity index is 3.00. The largest absolute Gasteiger partial charge is 0.323 e. The van der Waals surface area contributed by atoms with Crippen LogP contribution < -0.4 is 5.73 Å². The first-order chi connectivity index (χ1) is 5.25. The minimum atomic E-state index is -1.31. The molecule has 0 aliphatic heterocycles. The number of hydrogen-bond acceptors (Lipinski definition) is 1. The summed E-state index contributed by atoms with van der Waals surface area (Å²) in [5.74, 6) is 0. The van der Waals surface area contributed by atoms with Crippen molar-refractivity contribution < 1.29 is 4.39 Å². The Morgan fingerprint density at radius 2 is 2.17 bits per heavy atom. The topological polar surface area (TPSA) is 26.0 Å². The quantitative estimate of drug-likeness (QED) is 0.462. The molecule has 2 N–H and O–H groups in total.